The maximum atomic E-state index is 12.1. The topological polar surface area (TPSA) is 45.2 Å². The first kappa shape index (κ1) is 13.1. The Morgan fingerprint density at radius 3 is 2.63 bits per heavy atom. The number of aromatic nitrogens is 1. The Morgan fingerprint density at radius 1 is 1.26 bits per heavy atom. The highest BCUT2D eigenvalue weighted by Crippen LogP contribution is 2.29. The molecule has 1 aliphatic carbocycles. The summed E-state index contributed by atoms with van der Waals surface area (Å²) >= 11 is 3.34. The first-order valence-corrected chi connectivity index (χ1v) is 7.67. The number of hydrogen-bond donors (Lipinski definition) is 1. The van der Waals surface area contributed by atoms with E-state index in [4.69, 9.17) is 0 Å². The number of carbonyl (C=O) groups is 1. The van der Waals surface area contributed by atoms with Crippen LogP contribution in [0, 0.1) is 0 Å². The van der Waals surface area contributed by atoms with Crippen LogP contribution in [-0.2, 0) is 0 Å². The summed E-state index contributed by atoms with van der Waals surface area (Å²) < 4.78 is 0.837. The lowest BCUT2D eigenvalue weighted by atomic mass is 10.0. The largest absolute Gasteiger partial charge is 0.349 e. The molecule has 102 valence electrons. The van der Waals surface area contributed by atoms with E-state index in [0.717, 1.165) is 36.4 Å². The average molecular weight is 324 g/mol. The monoisotopic (exact) mass is 323 g/mol. The second-order valence-electron chi connectivity index (χ2n) is 5.41. The minimum absolute atomic E-state index is 0.0151. The van der Waals surface area contributed by atoms with Crippen molar-refractivity contribution in [1.82, 2.24) is 15.2 Å². The van der Waals surface area contributed by atoms with Gasteiger partial charge in [-0.3, -0.25) is 9.78 Å². The van der Waals surface area contributed by atoms with Crippen molar-refractivity contribution in [2.24, 2.45) is 0 Å². The van der Waals surface area contributed by atoms with Crippen LogP contribution in [0.2, 0.25) is 0 Å². The predicted molar refractivity (Wildman–Crippen MR) is 77.0 cm³/mol. The first-order chi connectivity index (χ1) is 9.22. The fraction of sp³-hybridized carbons (Fsp3) is 0.571. The molecule has 3 rings (SSSR count). The fourth-order valence-electron chi connectivity index (χ4n) is 2.65. The molecule has 19 heavy (non-hydrogen) atoms. The van der Waals surface area contributed by atoms with E-state index in [1.54, 1.807) is 12.4 Å². The van der Waals surface area contributed by atoms with E-state index < -0.39 is 0 Å². The number of piperidine rings is 1. The minimum Gasteiger partial charge on any atom is -0.349 e. The standard InChI is InChI=1S/C14H18BrN3O/c15-11-7-10(8-16-9-11)14(19)17-12-3-5-18(6-4-12)13-1-2-13/h7-9,12-13H,1-6H2,(H,17,19). The molecule has 1 aromatic heterocycles. The highest BCUT2D eigenvalue weighted by molar-refractivity contribution is 9.10. The molecule has 1 saturated heterocycles. The van der Waals surface area contributed by atoms with Gasteiger partial charge in [-0.05, 0) is 47.7 Å². The zero-order valence-corrected chi connectivity index (χ0v) is 12.4. The number of amides is 1. The van der Waals surface area contributed by atoms with Gasteiger partial charge in [0.15, 0.2) is 0 Å². The normalized spacial score (nSPS) is 21.3. The summed E-state index contributed by atoms with van der Waals surface area (Å²) in [5.41, 5.74) is 0.624. The van der Waals surface area contributed by atoms with Gasteiger partial charge in [0.05, 0.1) is 5.56 Å². The molecule has 0 aromatic carbocycles. The SMILES string of the molecule is O=C(NC1CCN(C2CC2)CC1)c1cncc(Br)c1. The van der Waals surface area contributed by atoms with Gasteiger partial charge in [-0.2, -0.15) is 0 Å². The van der Waals surface area contributed by atoms with Crippen LogP contribution in [0.3, 0.4) is 0 Å². The van der Waals surface area contributed by atoms with Gasteiger partial charge in [-0.25, -0.2) is 0 Å². The van der Waals surface area contributed by atoms with E-state index >= 15 is 0 Å². The van der Waals surface area contributed by atoms with Crippen molar-refractivity contribution >= 4 is 21.8 Å². The summed E-state index contributed by atoms with van der Waals surface area (Å²) in [5, 5.41) is 3.12. The van der Waals surface area contributed by atoms with Crippen LogP contribution in [0.5, 0.6) is 0 Å². The lowest BCUT2D eigenvalue weighted by Gasteiger charge is -2.32. The molecule has 1 amide bonds. The molecule has 0 unspecified atom stereocenters. The van der Waals surface area contributed by atoms with Crippen LogP contribution >= 0.6 is 15.9 Å². The third-order valence-electron chi connectivity index (χ3n) is 3.90. The van der Waals surface area contributed by atoms with Gasteiger partial charge in [-0.15, -0.1) is 0 Å². The van der Waals surface area contributed by atoms with Crippen LogP contribution in [-0.4, -0.2) is 41.0 Å². The van der Waals surface area contributed by atoms with Gasteiger partial charge in [0, 0.05) is 42.0 Å². The summed E-state index contributed by atoms with van der Waals surface area (Å²) in [6, 6.07) is 2.95. The Bertz CT molecular complexity index is 468. The predicted octanol–water partition coefficient (Wildman–Crippen LogP) is 2.20. The number of likely N-dealkylation sites (tertiary alicyclic amines) is 1. The third kappa shape index (κ3) is 3.34. The van der Waals surface area contributed by atoms with E-state index in [0.29, 0.717) is 11.6 Å². The smallest absolute Gasteiger partial charge is 0.253 e. The van der Waals surface area contributed by atoms with Crippen molar-refractivity contribution in [1.29, 1.82) is 0 Å². The van der Waals surface area contributed by atoms with Crippen LogP contribution < -0.4 is 5.32 Å². The lowest BCUT2D eigenvalue weighted by molar-refractivity contribution is 0.0908. The lowest BCUT2D eigenvalue weighted by Crippen LogP contribution is -2.45. The minimum atomic E-state index is -0.0151. The number of rotatable bonds is 3. The van der Waals surface area contributed by atoms with Crippen LogP contribution in [0.25, 0.3) is 0 Å². The van der Waals surface area contributed by atoms with Gasteiger partial charge in [0.1, 0.15) is 0 Å². The van der Waals surface area contributed by atoms with E-state index in [9.17, 15) is 4.79 Å². The van der Waals surface area contributed by atoms with Crippen molar-refractivity contribution in [3.63, 3.8) is 0 Å². The van der Waals surface area contributed by atoms with Gasteiger partial charge in [0.25, 0.3) is 5.91 Å². The highest BCUT2D eigenvalue weighted by atomic mass is 79.9. The molecule has 2 aliphatic rings. The molecular formula is C14H18BrN3O. The molecule has 0 bridgehead atoms. The molecule has 1 aromatic rings. The molecule has 1 N–H and O–H groups in total. The van der Waals surface area contributed by atoms with Crippen molar-refractivity contribution in [2.75, 3.05) is 13.1 Å². The fourth-order valence-corrected chi connectivity index (χ4v) is 3.02. The summed E-state index contributed by atoms with van der Waals surface area (Å²) in [4.78, 5) is 18.7. The van der Waals surface area contributed by atoms with Crippen LogP contribution in [0.15, 0.2) is 22.9 Å². The molecule has 4 nitrogen and oxygen atoms in total. The molecular weight excluding hydrogens is 306 g/mol. The molecule has 1 aliphatic heterocycles. The molecule has 5 heteroatoms. The number of nitrogens with one attached hydrogen (secondary N) is 1. The second-order valence-corrected chi connectivity index (χ2v) is 6.32. The second kappa shape index (κ2) is 5.59. The van der Waals surface area contributed by atoms with E-state index in [1.165, 1.54) is 12.8 Å². The maximum Gasteiger partial charge on any atom is 0.253 e. The summed E-state index contributed by atoms with van der Waals surface area (Å²) in [6.45, 7) is 2.23. The summed E-state index contributed by atoms with van der Waals surface area (Å²) in [7, 11) is 0. The van der Waals surface area contributed by atoms with Crippen molar-refractivity contribution in [2.45, 2.75) is 37.8 Å². The third-order valence-corrected chi connectivity index (χ3v) is 4.33. The Labute approximate surface area is 121 Å². The van der Waals surface area contributed by atoms with Crippen molar-refractivity contribution < 1.29 is 4.79 Å². The molecule has 0 atom stereocenters. The van der Waals surface area contributed by atoms with Gasteiger partial charge in [-0.1, -0.05) is 0 Å². The van der Waals surface area contributed by atoms with E-state index in [1.807, 2.05) is 6.07 Å². The molecule has 2 heterocycles. The zero-order chi connectivity index (χ0) is 13.2. The van der Waals surface area contributed by atoms with Crippen LogP contribution in [0.1, 0.15) is 36.0 Å². The van der Waals surface area contributed by atoms with Gasteiger partial charge < -0.3 is 10.2 Å². The Kier molecular flexibility index (Phi) is 3.84. The highest BCUT2D eigenvalue weighted by Gasteiger charge is 2.32. The van der Waals surface area contributed by atoms with Crippen LogP contribution in [0.4, 0.5) is 0 Å². The Morgan fingerprint density at radius 2 is 2.00 bits per heavy atom. The number of pyridine rings is 1. The Hall–Kier alpha value is -0.940. The molecule has 1 saturated carbocycles. The van der Waals surface area contributed by atoms with Crippen molar-refractivity contribution in [3.05, 3.63) is 28.5 Å². The first-order valence-electron chi connectivity index (χ1n) is 6.88. The maximum absolute atomic E-state index is 12.1. The molecule has 2 fully saturated rings. The molecule has 0 spiro atoms. The number of carbonyl (C=O) groups excluding carboxylic acids is 1. The number of hydrogen-bond acceptors (Lipinski definition) is 3. The van der Waals surface area contributed by atoms with E-state index in [-0.39, 0.29) is 5.91 Å². The summed E-state index contributed by atoms with van der Waals surface area (Å²) in [5.74, 6) is -0.0151. The molecule has 0 radical (unpaired) electrons. The van der Waals surface area contributed by atoms with Gasteiger partial charge in [0.2, 0.25) is 0 Å². The Balaban J connectivity index is 1.52. The van der Waals surface area contributed by atoms with E-state index in [2.05, 4.69) is 31.1 Å². The van der Waals surface area contributed by atoms with Gasteiger partial charge >= 0.3 is 0 Å². The number of nitrogens with zero attached hydrogens (tertiary/aromatic N) is 2. The zero-order valence-electron chi connectivity index (χ0n) is 10.8. The average Bonchev–Trinajstić information content (AvgIpc) is 3.24. The van der Waals surface area contributed by atoms with Crippen molar-refractivity contribution in [3.8, 4) is 0 Å². The summed E-state index contributed by atoms with van der Waals surface area (Å²) in [6.07, 6.45) is 8.14. The number of halogens is 1. The quantitative estimate of drug-likeness (QED) is 0.927.